The molecule has 0 heterocycles. The summed E-state index contributed by atoms with van der Waals surface area (Å²) in [6.07, 6.45) is 6.20. The fraction of sp³-hybridized carbons (Fsp3) is 0.750. The highest BCUT2D eigenvalue weighted by Gasteiger charge is 2.31. The Bertz CT molecular complexity index is 546. The summed E-state index contributed by atoms with van der Waals surface area (Å²) in [4.78, 5) is 21.8. The number of hydrogen-bond acceptors (Lipinski definition) is 6. The molecule has 25 heavy (non-hydrogen) atoms. The van der Waals surface area contributed by atoms with Crippen LogP contribution in [0.25, 0.3) is 0 Å². The quantitative estimate of drug-likeness (QED) is 0.280. The van der Waals surface area contributed by atoms with Crippen LogP contribution in [0, 0.1) is 11.8 Å². The Kier molecular flexibility index (Phi) is 7.60. The van der Waals surface area contributed by atoms with Gasteiger partial charge in [-0.15, -0.1) is 0 Å². The van der Waals surface area contributed by atoms with Gasteiger partial charge in [0.05, 0.1) is 9.98 Å². The second-order valence-electron chi connectivity index (χ2n) is 6.84. The highest BCUT2D eigenvalue weighted by atomic mass is 32.2. The van der Waals surface area contributed by atoms with Crippen molar-refractivity contribution in [1.29, 1.82) is 0 Å². The number of nitrogens with zero attached hydrogens (tertiary/aromatic N) is 3. The molecule has 0 aromatic carbocycles. The molecule has 2 fully saturated rings. The van der Waals surface area contributed by atoms with Gasteiger partial charge < -0.3 is 0 Å². The van der Waals surface area contributed by atoms with Gasteiger partial charge in [-0.2, -0.15) is 4.83 Å². The third kappa shape index (κ3) is 6.80. The maximum atomic E-state index is 12.6. The molecule has 2 saturated carbocycles. The Morgan fingerprint density at radius 1 is 1.12 bits per heavy atom. The molecular weight excluding hydrogens is 374 g/mol. The van der Waals surface area contributed by atoms with Gasteiger partial charge in [0.1, 0.15) is 5.25 Å². The van der Waals surface area contributed by atoms with Crippen LogP contribution in [0.5, 0.6) is 0 Å². The van der Waals surface area contributed by atoms with Crippen molar-refractivity contribution in [3.05, 3.63) is 0 Å². The normalized spacial score (nSPS) is 18.3. The molecule has 6 nitrogen and oxygen atoms in total. The second-order valence-corrected chi connectivity index (χ2v) is 8.60. The van der Waals surface area contributed by atoms with Gasteiger partial charge in [-0.3, -0.25) is 25.2 Å². The van der Waals surface area contributed by atoms with E-state index in [1.807, 2.05) is 25.9 Å². The molecule has 2 aliphatic rings. The molecule has 0 bridgehead atoms. The number of carbonyl (C=O) groups is 1. The second kappa shape index (κ2) is 9.25. The Morgan fingerprint density at radius 2 is 1.64 bits per heavy atom. The lowest BCUT2D eigenvalue weighted by atomic mass is 10.4. The molecule has 2 rings (SSSR count). The fourth-order valence-corrected chi connectivity index (χ4v) is 3.36. The summed E-state index contributed by atoms with van der Waals surface area (Å²) in [6.45, 7) is 3.96. The van der Waals surface area contributed by atoms with Gasteiger partial charge in [-0.25, -0.2) is 0 Å². The first-order chi connectivity index (χ1) is 11.8. The Labute approximate surface area is 165 Å². The van der Waals surface area contributed by atoms with E-state index in [0.717, 1.165) is 35.7 Å². The molecule has 0 aromatic heterocycles. The maximum absolute atomic E-state index is 12.6. The van der Waals surface area contributed by atoms with E-state index >= 15 is 0 Å². The van der Waals surface area contributed by atoms with E-state index < -0.39 is 5.25 Å². The van der Waals surface area contributed by atoms with E-state index in [-0.39, 0.29) is 11.9 Å². The maximum Gasteiger partial charge on any atom is 0.258 e. The van der Waals surface area contributed by atoms with Crippen LogP contribution < -0.4 is 10.3 Å². The smallest absolute Gasteiger partial charge is 0.258 e. The molecule has 2 aliphatic carbocycles. The molecule has 0 radical (unpaired) electrons. The van der Waals surface area contributed by atoms with Crippen LogP contribution in [-0.2, 0) is 4.79 Å². The Morgan fingerprint density at radius 3 is 2.12 bits per heavy atom. The van der Waals surface area contributed by atoms with Crippen molar-refractivity contribution in [2.45, 2.75) is 50.8 Å². The largest absolute Gasteiger partial charge is 0.295 e. The molecule has 1 amide bonds. The van der Waals surface area contributed by atoms with Crippen LogP contribution in [-0.4, -0.2) is 57.5 Å². The summed E-state index contributed by atoms with van der Waals surface area (Å²) in [5, 5.41) is 3.00. The third-order valence-electron chi connectivity index (χ3n) is 3.89. The van der Waals surface area contributed by atoms with Gasteiger partial charge in [-0.1, -0.05) is 24.4 Å². The summed E-state index contributed by atoms with van der Waals surface area (Å²) in [6, 6.07) is 0.131. The lowest BCUT2D eigenvalue weighted by Gasteiger charge is -2.25. The van der Waals surface area contributed by atoms with Crippen molar-refractivity contribution >= 4 is 58.5 Å². The molecule has 1 unspecified atom stereocenters. The predicted octanol–water partition coefficient (Wildman–Crippen LogP) is 2.36. The topological polar surface area (TPSA) is 60.0 Å². The number of nitrogens with one attached hydrogen (secondary N) is 2. The first-order valence-corrected chi connectivity index (χ1v) is 10.3. The first kappa shape index (κ1) is 20.5. The number of thiocarbonyl (C=S) groups is 2. The SMILES string of the molecule is CC(C)N=CC(SNN(C)C(=S)C1CC1)C(=O)NN(C)C(=S)C1CC1. The average Bonchev–Trinajstić information content (AvgIpc) is 3.44. The van der Waals surface area contributed by atoms with Gasteiger partial charge in [0.25, 0.3) is 5.91 Å². The van der Waals surface area contributed by atoms with Gasteiger partial charge in [0, 0.05) is 38.2 Å². The third-order valence-corrected chi connectivity index (χ3v) is 6.07. The van der Waals surface area contributed by atoms with E-state index in [4.69, 9.17) is 24.4 Å². The molecule has 1 atom stereocenters. The zero-order chi connectivity index (χ0) is 18.6. The minimum absolute atomic E-state index is 0.131. The lowest BCUT2D eigenvalue weighted by molar-refractivity contribution is -0.122. The van der Waals surface area contributed by atoms with Crippen LogP contribution in [0.1, 0.15) is 39.5 Å². The van der Waals surface area contributed by atoms with E-state index in [9.17, 15) is 4.79 Å². The minimum Gasteiger partial charge on any atom is -0.295 e. The van der Waals surface area contributed by atoms with Crippen molar-refractivity contribution in [3.63, 3.8) is 0 Å². The van der Waals surface area contributed by atoms with Crippen molar-refractivity contribution < 1.29 is 4.79 Å². The van der Waals surface area contributed by atoms with E-state index in [0.29, 0.717) is 11.8 Å². The lowest BCUT2D eigenvalue weighted by Crippen LogP contribution is -2.48. The summed E-state index contributed by atoms with van der Waals surface area (Å²) in [5.41, 5.74) is 2.86. The van der Waals surface area contributed by atoms with Gasteiger partial charge in [-0.05, 0) is 51.5 Å². The van der Waals surface area contributed by atoms with E-state index in [2.05, 4.69) is 15.2 Å². The molecule has 0 saturated heterocycles. The number of hydrogen-bond donors (Lipinski definition) is 2. The van der Waals surface area contributed by atoms with E-state index in [1.54, 1.807) is 18.3 Å². The standard InChI is InChI=1S/C16H27N5OS3/c1-10(2)17-9-13(25-19-21(4)16(24)12-7-8-12)14(22)18-20(3)15(23)11-5-6-11/h9-13,19H,5-8H2,1-4H3,(H,18,22). The minimum atomic E-state index is -0.476. The molecule has 0 aliphatic heterocycles. The highest BCUT2D eigenvalue weighted by Crippen LogP contribution is 2.32. The van der Waals surface area contributed by atoms with Crippen LogP contribution in [0.3, 0.4) is 0 Å². The van der Waals surface area contributed by atoms with Crippen LogP contribution >= 0.6 is 36.4 Å². The Hall–Kier alpha value is -0.770. The van der Waals surface area contributed by atoms with Crippen LogP contribution in [0.15, 0.2) is 4.99 Å². The summed E-state index contributed by atoms with van der Waals surface area (Å²) in [7, 11) is 3.68. The van der Waals surface area contributed by atoms with Crippen molar-refractivity contribution in [3.8, 4) is 0 Å². The van der Waals surface area contributed by atoms with E-state index in [1.165, 1.54) is 11.9 Å². The summed E-state index contributed by atoms with van der Waals surface area (Å²) in [5.74, 6) is 0.765. The summed E-state index contributed by atoms with van der Waals surface area (Å²) >= 11 is 12.1. The van der Waals surface area contributed by atoms with Crippen LogP contribution in [0.4, 0.5) is 0 Å². The van der Waals surface area contributed by atoms with Crippen molar-refractivity contribution in [1.82, 2.24) is 20.3 Å². The molecule has 9 heteroatoms. The molecule has 140 valence electrons. The van der Waals surface area contributed by atoms with Gasteiger partial charge in [0.2, 0.25) is 0 Å². The zero-order valence-corrected chi connectivity index (χ0v) is 17.6. The average molecular weight is 402 g/mol. The van der Waals surface area contributed by atoms with Crippen molar-refractivity contribution in [2.75, 3.05) is 14.1 Å². The predicted molar refractivity (Wildman–Crippen MR) is 112 cm³/mol. The number of amides is 1. The number of rotatable bonds is 8. The first-order valence-electron chi connectivity index (χ1n) is 8.59. The zero-order valence-electron chi connectivity index (χ0n) is 15.2. The monoisotopic (exact) mass is 401 g/mol. The molecular formula is C16H27N5OS3. The highest BCUT2D eigenvalue weighted by molar-refractivity contribution is 7.99. The Balaban J connectivity index is 1.89. The number of aliphatic imine (C=N–C) groups is 1. The molecule has 0 spiro atoms. The molecule has 2 N–H and O–H groups in total. The number of carbonyl (C=O) groups excluding carboxylic acids is 1. The van der Waals surface area contributed by atoms with Gasteiger partial charge >= 0.3 is 0 Å². The molecule has 0 aromatic rings. The van der Waals surface area contributed by atoms with Crippen LogP contribution in [0.2, 0.25) is 0 Å². The summed E-state index contributed by atoms with van der Waals surface area (Å²) < 4.78 is 0. The van der Waals surface area contributed by atoms with Crippen molar-refractivity contribution in [2.24, 2.45) is 16.8 Å². The number of hydrazine groups is 2. The fourth-order valence-electron chi connectivity index (χ4n) is 2.08. The van der Waals surface area contributed by atoms with Gasteiger partial charge in [0.15, 0.2) is 0 Å².